The van der Waals surface area contributed by atoms with E-state index >= 15 is 0 Å². The monoisotopic (exact) mass is 1250 g/mol. The third-order valence-electron chi connectivity index (χ3n) is 16.7. The number of primary amides is 1. The minimum Gasteiger partial charge on any atom is -0.445 e. The van der Waals surface area contributed by atoms with E-state index in [1.54, 1.807) is 109 Å². The quantitative estimate of drug-likeness (QED) is 0.0314. The van der Waals surface area contributed by atoms with Crippen LogP contribution >= 0.6 is 0 Å². The molecule has 1 saturated heterocycles. The van der Waals surface area contributed by atoms with Crippen LogP contribution in [-0.2, 0) is 59.2 Å². The summed E-state index contributed by atoms with van der Waals surface area (Å²) >= 11 is 0. The van der Waals surface area contributed by atoms with Crippen molar-refractivity contribution in [1.29, 1.82) is 0 Å². The molecule has 0 spiro atoms. The maximum Gasteiger partial charge on any atom is 0.410 e. The number of carbonyl (C=O) groups excluding carboxylic acids is 9. The molecule has 0 aromatic heterocycles. The van der Waals surface area contributed by atoms with Crippen molar-refractivity contribution in [3.8, 4) is 0 Å². The van der Waals surface area contributed by atoms with E-state index in [4.69, 9.17) is 25.8 Å². The average molecular weight is 1250 g/mol. The van der Waals surface area contributed by atoms with Gasteiger partial charge < -0.3 is 71.6 Å². The van der Waals surface area contributed by atoms with Crippen molar-refractivity contribution in [3.63, 3.8) is 0 Å². The first kappa shape index (κ1) is 76.3. The van der Waals surface area contributed by atoms with E-state index in [0.717, 1.165) is 0 Å². The van der Waals surface area contributed by atoms with Crippen molar-refractivity contribution in [2.75, 3.05) is 53.3 Å². The van der Waals surface area contributed by atoms with Crippen LogP contribution in [0.15, 0.2) is 54.6 Å². The Morgan fingerprint density at radius 1 is 0.730 bits per heavy atom. The highest BCUT2D eigenvalue weighted by atomic mass is 16.6. The molecule has 500 valence electrons. The first-order chi connectivity index (χ1) is 42.1. The van der Waals surface area contributed by atoms with Crippen molar-refractivity contribution in [2.24, 2.45) is 41.2 Å². The molecular weight excluding hydrogens is 1150 g/mol. The third kappa shape index (κ3) is 23.8. The van der Waals surface area contributed by atoms with Gasteiger partial charge in [0.25, 0.3) is 0 Å². The van der Waals surface area contributed by atoms with E-state index < -0.39 is 114 Å². The molecule has 1 unspecified atom stereocenters. The van der Waals surface area contributed by atoms with Crippen LogP contribution in [0.4, 0.5) is 15.3 Å². The maximum absolute atomic E-state index is 14.8. The van der Waals surface area contributed by atoms with Gasteiger partial charge in [0.15, 0.2) is 0 Å². The number of hydrogen-bond donors (Lipinski definition) is 9. The minimum absolute atomic E-state index is 0.0851. The molecule has 25 heteroatoms. The number of rotatable bonds is 38. The number of likely N-dealkylation sites (tertiary alicyclic amines) is 1. The van der Waals surface area contributed by atoms with Gasteiger partial charge in [-0.3, -0.25) is 38.5 Å². The lowest BCUT2D eigenvalue weighted by atomic mass is 9.89. The Labute approximate surface area is 526 Å². The van der Waals surface area contributed by atoms with Crippen molar-refractivity contribution in [1.82, 2.24) is 41.3 Å². The molecule has 3 rings (SSSR count). The fourth-order valence-electron chi connectivity index (χ4n) is 11.3. The number of anilines is 1. The van der Waals surface area contributed by atoms with Gasteiger partial charge in [0.05, 0.1) is 55.4 Å². The number of likely N-dealkylation sites (N-methyl/N-ethyl adjacent to an activating group) is 2. The van der Waals surface area contributed by atoms with Crippen molar-refractivity contribution in [2.45, 2.75) is 201 Å². The minimum atomic E-state index is -1.07. The summed E-state index contributed by atoms with van der Waals surface area (Å²) in [6.07, 6.45) is 1.19. The lowest BCUT2D eigenvalue weighted by Crippen LogP contribution is -2.60. The molecule has 12 atom stereocenters. The molecule has 25 nitrogen and oxygen atoms in total. The number of nitrogens with zero attached hydrogens (tertiary/aromatic N) is 3. The topological polar surface area (TPSA) is 345 Å². The summed E-state index contributed by atoms with van der Waals surface area (Å²) in [6.45, 7) is 18.9. The van der Waals surface area contributed by atoms with E-state index in [1.165, 1.54) is 26.2 Å². The number of nitrogens with two attached hydrogens (primary N) is 2. The number of aliphatic hydroxyl groups is 1. The molecule has 0 saturated carbocycles. The van der Waals surface area contributed by atoms with Gasteiger partial charge in [0, 0.05) is 53.5 Å². The van der Waals surface area contributed by atoms with Crippen LogP contribution in [0.25, 0.3) is 0 Å². The summed E-state index contributed by atoms with van der Waals surface area (Å²) in [5.41, 5.74) is 6.80. The molecule has 1 heterocycles. The summed E-state index contributed by atoms with van der Waals surface area (Å²) in [5.74, 6) is 0.0756. The molecule has 89 heavy (non-hydrogen) atoms. The summed E-state index contributed by atoms with van der Waals surface area (Å²) in [6, 6.07) is 8.99. The van der Waals surface area contributed by atoms with Gasteiger partial charge in [-0.05, 0) is 92.4 Å². The van der Waals surface area contributed by atoms with Crippen LogP contribution in [0, 0.1) is 29.6 Å². The molecule has 1 fully saturated rings. The molecular formula is C64H105N11O14. The van der Waals surface area contributed by atoms with Crippen molar-refractivity contribution < 1.29 is 67.3 Å². The predicted molar refractivity (Wildman–Crippen MR) is 338 cm³/mol. The summed E-state index contributed by atoms with van der Waals surface area (Å²) < 4.78 is 17.7. The molecule has 2 aromatic rings. The number of nitrogens with one attached hydrogen (secondary N) is 6. The molecule has 11 N–H and O–H groups in total. The molecule has 1 aliphatic rings. The number of amides is 10. The normalized spacial score (nSPS) is 16.9. The van der Waals surface area contributed by atoms with Gasteiger partial charge in [-0.2, -0.15) is 0 Å². The third-order valence-corrected chi connectivity index (χ3v) is 16.7. The Hall–Kier alpha value is -6.93. The Morgan fingerprint density at radius 3 is 1.96 bits per heavy atom. The number of unbranched alkanes of at least 4 members (excludes halogenated alkanes) is 2. The van der Waals surface area contributed by atoms with Crippen LogP contribution in [0.3, 0.4) is 0 Å². The SMILES string of the molecule is CCC(C)[C@@H]([C@@H](CC(=O)N1CCC[C@H]1[C@H](OC)[C@@H](C)C(=O)N[C@H](C)[C@@H](O)c1ccccc1)OC)N(C)C(=O)[C@@H](NC(=O)[C@H](C(C)C)N(C)C(=O)OCc1ccc(NC(=O)[C@H](CCCNC(N)=O)NC(=O)[C@@H](NC(=O)CCCCCON)C(C)C)cc1)C(C)C. The standard InChI is InChI=1S/C64H105N11O14/c1-15-41(8)55(49(86-13)36-51(77)75-34-23-27-48(75)57(87-14)42(9)58(79)68-43(10)56(78)45-24-18-16-19-25-45)73(11)62(83)53(39(4)5)72-61(82)54(40(6)7)74(12)64(85)88-37-44-29-31-46(32-30-44)69-59(80)47(26-22-33-67-63(65)84)70-60(81)52(38(2)3)71-50(76)28-20-17-21-35-89-66/h16,18-19,24-25,29-32,38-43,47-49,52-57,78H,15,17,20-23,26-28,33-37,66H2,1-14H3,(H,68,79)(H,69,80)(H,70,81)(H,71,76)(H,72,82)(H3,65,67,84)/t41?,42-,43-,47+,48+,49-,52+,53+,54+,55+,56-,57-/m1/s1. The number of ether oxygens (including phenoxy) is 3. The Bertz CT molecular complexity index is 2560. The second-order valence-corrected chi connectivity index (χ2v) is 24.5. The Morgan fingerprint density at radius 2 is 1.38 bits per heavy atom. The van der Waals surface area contributed by atoms with Crippen LogP contribution in [0.2, 0.25) is 0 Å². The fourth-order valence-corrected chi connectivity index (χ4v) is 11.3. The highest BCUT2D eigenvalue weighted by Crippen LogP contribution is 2.30. The molecule has 0 aliphatic carbocycles. The van der Waals surface area contributed by atoms with E-state index in [1.807, 2.05) is 32.0 Å². The maximum atomic E-state index is 14.8. The van der Waals surface area contributed by atoms with Gasteiger partial charge in [-0.1, -0.05) is 118 Å². The Balaban J connectivity index is 1.70. The predicted octanol–water partition coefficient (Wildman–Crippen LogP) is 5.04. The molecule has 10 amide bonds. The Kier molecular flexibility index (Phi) is 33.1. The van der Waals surface area contributed by atoms with Crippen LogP contribution in [0.1, 0.15) is 151 Å². The highest BCUT2D eigenvalue weighted by molar-refractivity contribution is 5.98. The van der Waals surface area contributed by atoms with E-state index in [-0.39, 0.29) is 68.4 Å². The zero-order valence-electron chi connectivity index (χ0n) is 55.0. The van der Waals surface area contributed by atoms with Crippen LogP contribution in [-0.4, -0.2) is 176 Å². The van der Waals surface area contributed by atoms with Gasteiger partial charge in [0.2, 0.25) is 41.4 Å². The lowest BCUT2D eigenvalue weighted by molar-refractivity contribution is -0.148. The number of hydrogen-bond acceptors (Lipinski definition) is 15. The van der Waals surface area contributed by atoms with Crippen molar-refractivity contribution in [3.05, 3.63) is 65.7 Å². The van der Waals surface area contributed by atoms with E-state index in [2.05, 4.69) is 36.7 Å². The zero-order valence-corrected chi connectivity index (χ0v) is 55.0. The van der Waals surface area contributed by atoms with Gasteiger partial charge in [-0.25, -0.2) is 15.5 Å². The molecule has 0 radical (unpaired) electrons. The van der Waals surface area contributed by atoms with E-state index in [0.29, 0.717) is 68.5 Å². The first-order valence-corrected chi connectivity index (χ1v) is 31.3. The van der Waals surface area contributed by atoms with Crippen molar-refractivity contribution >= 4 is 59.2 Å². The molecule has 1 aliphatic heterocycles. The lowest BCUT2D eigenvalue weighted by Gasteiger charge is -2.41. The number of aliphatic hydroxyl groups excluding tert-OH is 1. The largest absolute Gasteiger partial charge is 0.445 e. The summed E-state index contributed by atoms with van der Waals surface area (Å²) in [5, 5.41) is 27.7. The van der Waals surface area contributed by atoms with Gasteiger partial charge >= 0.3 is 12.1 Å². The molecule has 2 aromatic carbocycles. The van der Waals surface area contributed by atoms with Gasteiger partial charge in [-0.15, -0.1) is 0 Å². The van der Waals surface area contributed by atoms with E-state index in [9.17, 15) is 48.3 Å². The first-order valence-electron chi connectivity index (χ1n) is 31.3. The zero-order chi connectivity index (χ0) is 66.7. The fraction of sp³-hybridized carbons (Fsp3) is 0.672. The second-order valence-electron chi connectivity index (χ2n) is 24.5. The summed E-state index contributed by atoms with van der Waals surface area (Å²) in [4.78, 5) is 132. The van der Waals surface area contributed by atoms with Gasteiger partial charge in [0.1, 0.15) is 30.8 Å². The highest BCUT2D eigenvalue weighted by Gasteiger charge is 2.44. The number of carbonyl (C=O) groups is 9. The number of methoxy groups -OCH3 is 2. The second kappa shape index (κ2) is 38.6. The number of urea groups is 1. The van der Waals surface area contributed by atoms with Crippen LogP contribution in [0.5, 0.6) is 0 Å². The number of benzene rings is 2. The average Bonchev–Trinajstić information content (AvgIpc) is 4.10. The summed E-state index contributed by atoms with van der Waals surface area (Å²) in [7, 11) is 6.10. The van der Waals surface area contributed by atoms with Crippen LogP contribution < -0.4 is 43.5 Å². The smallest absolute Gasteiger partial charge is 0.410 e. The molecule has 0 bridgehead atoms.